The van der Waals surface area contributed by atoms with E-state index in [4.69, 9.17) is 8.83 Å². The fraction of sp³-hybridized carbons (Fsp3) is 0.250. The Labute approximate surface area is 203 Å². The standard InChI is InChI=1S/C28H27N3O4/c1-16-12-17(2)25-19(15-34-23(25)13-16)14-24(32)31-30-21-10-7-11-22-26(21)18(3)27(35-22)28(33)29-20-8-5-4-6-9-20/h4-6,8-9,12-13,15H,7,10-11,14H2,1-3H3,(H,29,33)(H,31,32)/b30-21+. The topological polar surface area (TPSA) is 96.8 Å². The third kappa shape index (κ3) is 4.49. The van der Waals surface area contributed by atoms with Crippen LogP contribution in [0, 0.1) is 20.8 Å². The molecule has 7 heteroatoms. The molecule has 35 heavy (non-hydrogen) atoms. The third-order valence-corrected chi connectivity index (χ3v) is 6.32. The van der Waals surface area contributed by atoms with Crippen LogP contribution in [0.15, 0.2) is 62.7 Å². The molecule has 0 atom stereocenters. The molecule has 0 saturated carbocycles. The largest absolute Gasteiger partial charge is 0.464 e. The zero-order chi connectivity index (χ0) is 24.5. The number of carbonyl (C=O) groups excluding carboxylic acids is 2. The molecule has 0 aliphatic heterocycles. The first-order valence-electron chi connectivity index (χ1n) is 11.7. The smallest absolute Gasteiger partial charge is 0.291 e. The van der Waals surface area contributed by atoms with Gasteiger partial charge in [-0.2, -0.15) is 5.10 Å². The molecule has 1 aliphatic carbocycles. The van der Waals surface area contributed by atoms with Crippen molar-refractivity contribution in [2.45, 2.75) is 46.5 Å². The lowest BCUT2D eigenvalue weighted by Crippen LogP contribution is -2.23. The predicted octanol–water partition coefficient (Wildman–Crippen LogP) is 5.60. The molecule has 2 N–H and O–H groups in total. The van der Waals surface area contributed by atoms with Gasteiger partial charge in [-0.05, 0) is 62.9 Å². The highest BCUT2D eigenvalue weighted by atomic mass is 16.4. The van der Waals surface area contributed by atoms with Gasteiger partial charge in [0, 0.05) is 34.2 Å². The number of fused-ring (bicyclic) bond motifs is 2. The van der Waals surface area contributed by atoms with Crippen molar-refractivity contribution in [1.82, 2.24) is 5.43 Å². The number of para-hydroxylation sites is 1. The zero-order valence-electron chi connectivity index (χ0n) is 20.0. The van der Waals surface area contributed by atoms with Gasteiger partial charge >= 0.3 is 0 Å². The highest BCUT2D eigenvalue weighted by molar-refractivity contribution is 6.09. The maximum Gasteiger partial charge on any atom is 0.291 e. The molecular formula is C28H27N3O4. The SMILES string of the molecule is Cc1cc(C)c2c(CC(=O)N/N=C3\CCCc4oc(C(=O)Nc5ccccc5)c(C)c43)coc2c1. The molecule has 1 aliphatic rings. The number of anilines is 1. The minimum Gasteiger partial charge on any atom is -0.464 e. The second kappa shape index (κ2) is 9.25. The number of hydrogen-bond acceptors (Lipinski definition) is 5. The van der Waals surface area contributed by atoms with E-state index in [1.165, 1.54) is 0 Å². The first-order chi connectivity index (χ1) is 16.9. The summed E-state index contributed by atoms with van der Waals surface area (Å²) in [6.45, 7) is 5.89. The number of benzene rings is 2. The molecule has 178 valence electrons. The maximum atomic E-state index is 12.8. The van der Waals surface area contributed by atoms with Gasteiger partial charge in [0.15, 0.2) is 5.76 Å². The van der Waals surface area contributed by atoms with E-state index in [1.807, 2.05) is 57.2 Å². The molecular weight excluding hydrogens is 442 g/mol. The molecule has 0 saturated heterocycles. The van der Waals surface area contributed by atoms with Crippen LogP contribution in [0.5, 0.6) is 0 Å². The Bertz CT molecular complexity index is 1460. The minimum absolute atomic E-state index is 0.162. The third-order valence-electron chi connectivity index (χ3n) is 6.32. The number of furan rings is 2. The van der Waals surface area contributed by atoms with E-state index >= 15 is 0 Å². The van der Waals surface area contributed by atoms with Gasteiger partial charge in [-0.3, -0.25) is 9.59 Å². The Morgan fingerprint density at radius 2 is 1.86 bits per heavy atom. The molecule has 5 rings (SSSR count). The second-order valence-electron chi connectivity index (χ2n) is 9.01. The van der Waals surface area contributed by atoms with Crippen molar-refractivity contribution < 1.29 is 18.4 Å². The maximum absolute atomic E-state index is 12.8. The minimum atomic E-state index is -0.302. The highest BCUT2D eigenvalue weighted by Crippen LogP contribution is 2.30. The summed E-state index contributed by atoms with van der Waals surface area (Å²) in [6, 6.07) is 13.3. The summed E-state index contributed by atoms with van der Waals surface area (Å²) < 4.78 is 11.6. The molecule has 0 spiro atoms. The number of nitrogens with zero attached hydrogens (tertiary/aromatic N) is 1. The van der Waals surface area contributed by atoms with Gasteiger partial charge in [0.2, 0.25) is 5.91 Å². The van der Waals surface area contributed by atoms with Gasteiger partial charge in [0.1, 0.15) is 11.3 Å². The van der Waals surface area contributed by atoms with E-state index in [0.29, 0.717) is 12.1 Å². The molecule has 0 radical (unpaired) electrons. The summed E-state index contributed by atoms with van der Waals surface area (Å²) in [5.41, 5.74) is 9.48. The fourth-order valence-electron chi connectivity index (χ4n) is 4.81. The molecule has 0 unspecified atom stereocenters. The number of aryl methyl sites for hydroxylation is 3. The number of hydrogen-bond donors (Lipinski definition) is 2. The van der Waals surface area contributed by atoms with Crippen molar-refractivity contribution in [3.8, 4) is 0 Å². The first-order valence-corrected chi connectivity index (χ1v) is 11.7. The lowest BCUT2D eigenvalue weighted by atomic mass is 9.93. The number of amides is 2. The van der Waals surface area contributed by atoms with Crippen LogP contribution in [0.2, 0.25) is 0 Å². The van der Waals surface area contributed by atoms with Crippen molar-refractivity contribution in [2.24, 2.45) is 5.10 Å². The van der Waals surface area contributed by atoms with E-state index in [-0.39, 0.29) is 24.0 Å². The second-order valence-corrected chi connectivity index (χ2v) is 9.01. The first kappa shape index (κ1) is 22.7. The molecule has 0 bridgehead atoms. The molecule has 0 fully saturated rings. The summed E-state index contributed by atoms with van der Waals surface area (Å²) in [5.74, 6) is 0.474. The molecule has 2 aromatic carbocycles. The van der Waals surface area contributed by atoms with Gasteiger partial charge in [0.05, 0.1) is 18.4 Å². The Morgan fingerprint density at radius 3 is 2.66 bits per heavy atom. The van der Waals surface area contributed by atoms with E-state index in [2.05, 4.69) is 21.9 Å². The summed E-state index contributed by atoms with van der Waals surface area (Å²) >= 11 is 0. The molecule has 7 nitrogen and oxygen atoms in total. The van der Waals surface area contributed by atoms with Gasteiger partial charge in [-0.1, -0.05) is 24.3 Å². The van der Waals surface area contributed by atoms with Crippen LogP contribution in [0.3, 0.4) is 0 Å². The van der Waals surface area contributed by atoms with E-state index in [0.717, 1.165) is 63.1 Å². The average molecular weight is 470 g/mol. The van der Waals surface area contributed by atoms with Crippen molar-refractivity contribution >= 4 is 34.2 Å². The van der Waals surface area contributed by atoms with Crippen molar-refractivity contribution in [3.63, 3.8) is 0 Å². The van der Waals surface area contributed by atoms with Crippen LogP contribution in [0.1, 0.15) is 57.0 Å². The van der Waals surface area contributed by atoms with Crippen LogP contribution in [-0.2, 0) is 17.6 Å². The number of nitrogens with one attached hydrogen (secondary N) is 2. The quantitative estimate of drug-likeness (QED) is 0.372. The molecule has 2 amide bonds. The van der Waals surface area contributed by atoms with Gasteiger partial charge in [-0.15, -0.1) is 0 Å². The summed E-state index contributed by atoms with van der Waals surface area (Å²) in [6.07, 6.45) is 4.05. The van der Waals surface area contributed by atoms with E-state index in [9.17, 15) is 9.59 Å². The average Bonchev–Trinajstić information content (AvgIpc) is 3.39. The van der Waals surface area contributed by atoms with Gasteiger partial charge < -0.3 is 14.2 Å². The van der Waals surface area contributed by atoms with Gasteiger partial charge in [0.25, 0.3) is 5.91 Å². The number of rotatable bonds is 5. The Kier molecular flexibility index (Phi) is 5.99. The number of hydrazone groups is 1. The Morgan fingerprint density at radius 1 is 1.06 bits per heavy atom. The molecule has 2 aromatic heterocycles. The monoisotopic (exact) mass is 469 g/mol. The zero-order valence-corrected chi connectivity index (χ0v) is 20.0. The lowest BCUT2D eigenvalue weighted by Gasteiger charge is -2.13. The van der Waals surface area contributed by atoms with Crippen LogP contribution in [-0.4, -0.2) is 17.5 Å². The Hall–Kier alpha value is -4.13. The van der Waals surface area contributed by atoms with Crippen LogP contribution >= 0.6 is 0 Å². The molecule has 4 aromatic rings. The normalized spacial score (nSPS) is 14.2. The summed E-state index contributed by atoms with van der Waals surface area (Å²) in [4.78, 5) is 25.6. The van der Waals surface area contributed by atoms with Crippen molar-refractivity contribution in [3.05, 3.63) is 88.1 Å². The summed E-state index contributed by atoms with van der Waals surface area (Å²) in [7, 11) is 0. The van der Waals surface area contributed by atoms with Crippen LogP contribution in [0.4, 0.5) is 5.69 Å². The fourth-order valence-corrected chi connectivity index (χ4v) is 4.81. The number of carbonyl (C=O) groups is 2. The Balaban J connectivity index is 1.34. The molecule has 2 heterocycles. The van der Waals surface area contributed by atoms with Crippen molar-refractivity contribution in [1.29, 1.82) is 0 Å². The van der Waals surface area contributed by atoms with Crippen LogP contribution in [0.25, 0.3) is 11.0 Å². The van der Waals surface area contributed by atoms with Gasteiger partial charge in [-0.25, -0.2) is 5.43 Å². The predicted molar refractivity (Wildman–Crippen MR) is 135 cm³/mol. The van der Waals surface area contributed by atoms with Crippen molar-refractivity contribution in [2.75, 3.05) is 5.32 Å². The summed E-state index contributed by atoms with van der Waals surface area (Å²) in [5, 5.41) is 8.27. The highest BCUT2D eigenvalue weighted by Gasteiger charge is 2.28. The van der Waals surface area contributed by atoms with Crippen LogP contribution < -0.4 is 10.7 Å². The lowest BCUT2D eigenvalue weighted by molar-refractivity contribution is -0.120. The van der Waals surface area contributed by atoms with E-state index < -0.39 is 0 Å². The van der Waals surface area contributed by atoms with E-state index in [1.54, 1.807) is 6.26 Å².